The number of benzene rings is 2. The van der Waals surface area contributed by atoms with Crippen LogP contribution in [0.1, 0.15) is 29.2 Å². The first kappa shape index (κ1) is 17.6. The SMILES string of the molecule is O=C(Nc1cnn(CC2CC2)c1)c1ccc(COc2cccc3ccccc23)o1. The Labute approximate surface area is 168 Å². The minimum absolute atomic E-state index is 0.247. The van der Waals surface area contributed by atoms with Crippen molar-refractivity contribution in [1.29, 1.82) is 0 Å². The van der Waals surface area contributed by atoms with Crippen molar-refractivity contribution >= 4 is 22.4 Å². The zero-order chi connectivity index (χ0) is 19.6. The van der Waals surface area contributed by atoms with Gasteiger partial charge in [-0.25, -0.2) is 0 Å². The van der Waals surface area contributed by atoms with Crippen LogP contribution in [0.5, 0.6) is 5.75 Å². The van der Waals surface area contributed by atoms with Gasteiger partial charge in [-0.1, -0.05) is 36.4 Å². The van der Waals surface area contributed by atoms with E-state index in [1.54, 1.807) is 18.3 Å². The maximum absolute atomic E-state index is 12.4. The van der Waals surface area contributed by atoms with Gasteiger partial charge in [0.05, 0.1) is 11.9 Å². The summed E-state index contributed by atoms with van der Waals surface area (Å²) in [4.78, 5) is 12.4. The van der Waals surface area contributed by atoms with Crippen molar-refractivity contribution in [3.63, 3.8) is 0 Å². The summed E-state index contributed by atoms with van der Waals surface area (Å²) in [7, 11) is 0. The Kier molecular flexibility index (Phi) is 4.52. The van der Waals surface area contributed by atoms with Crippen LogP contribution in [0.15, 0.2) is 71.4 Å². The molecule has 1 saturated carbocycles. The van der Waals surface area contributed by atoms with Gasteiger partial charge >= 0.3 is 0 Å². The fourth-order valence-electron chi connectivity index (χ4n) is 3.33. The fourth-order valence-corrected chi connectivity index (χ4v) is 3.33. The maximum Gasteiger partial charge on any atom is 0.291 e. The Balaban J connectivity index is 1.22. The molecule has 5 rings (SSSR count). The molecule has 1 fully saturated rings. The quantitative estimate of drug-likeness (QED) is 0.491. The van der Waals surface area contributed by atoms with E-state index >= 15 is 0 Å². The molecule has 146 valence electrons. The van der Waals surface area contributed by atoms with Crippen LogP contribution in [-0.2, 0) is 13.2 Å². The van der Waals surface area contributed by atoms with Crippen LogP contribution in [0.2, 0.25) is 0 Å². The van der Waals surface area contributed by atoms with E-state index in [0.29, 0.717) is 11.4 Å². The number of hydrogen-bond acceptors (Lipinski definition) is 4. The molecule has 0 radical (unpaired) electrons. The average molecular weight is 387 g/mol. The summed E-state index contributed by atoms with van der Waals surface area (Å²) >= 11 is 0. The third-order valence-electron chi connectivity index (χ3n) is 5.04. The zero-order valence-corrected chi connectivity index (χ0v) is 15.9. The first-order valence-corrected chi connectivity index (χ1v) is 9.78. The van der Waals surface area contributed by atoms with Gasteiger partial charge in [0.1, 0.15) is 18.1 Å². The molecule has 0 aliphatic heterocycles. The van der Waals surface area contributed by atoms with Gasteiger partial charge < -0.3 is 14.5 Å². The van der Waals surface area contributed by atoms with Crippen molar-refractivity contribution in [2.24, 2.45) is 5.92 Å². The molecular weight excluding hydrogens is 366 g/mol. The summed E-state index contributed by atoms with van der Waals surface area (Å²) in [5.41, 5.74) is 0.667. The van der Waals surface area contributed by atoms with Crippen LogP contribution in [0.4, 0.5) is 5.69 Å². The minimum Gasteiger partial charge on any atom is -0.485 e. The third-order valence-corrected chi connectivity index (χ3v) is 5.04. The van der Waals surface area contributed by atoms with Crippen LogP contribution in [0.3, 0.4) is 0 Å². The summed E-state index contributed by atoms with van der Waals surface area (Å²) in [6, 6.07) is 17.4. The highest BCUT2D eigenvalue weighted by Crippen LogP contribution is 2.30. The van der Waals surface area contributed by atoms with E-state index in [1.165, 1.54) is 12.8 Å². The summed E-state index contributed by atoms with van der Waals surface area (Å²) in [5, 5.41) is 9.28. The average Bonchev–Trinajstić information content (AvgIpc) is 3.23. The Morgan fingerprint density at radius 1 is 1.14 bits per heavy atom. The minimum atomic E-state index is -0.299. The number of carbonyl (C=O) groups excluding carboxylic acids is 1. The lowest BCUT2D eigenvalue weighted by Gasteiger charge is -2.07. The summed E-state index contributed by atoms with van der Waals surface area (Å²) in [5.74, 6) is 2.05. The van der Waals surface area contributed by atoms with Crippen molar-refractivity contribution in [2.75, 3.05) is 5.32 Å². The molecular formula is C23H21N3O3. The number of rotatable bonds is 7. The van der Waals surface area contributed by atoms with Gasteiger partial charge in [-0.15, -0.1) is 0 Å². The number of hydrogen-bond donors (Lipinski definition) is 1. The number of carbonyl (C=O) groups is 1. The number of nitrogens with zero attached hydrogens (tertiary/aromatic N) is 2. The molecule has 1 aliphatic carbocycles. The normalized spacial score (nSPS) is 13.5. The summed E-state index contributed by atoms with van der Waals surface area (Å²) in [6.45, 7) is 1.16. The van der Waals surface area contributed by atoms with Crippen LogP contribution in [-0.4, -0.2) is 15.7 Å². The molecule has 0 saturated heterocycles. The Hall–Kier alpha value is -3.54. The van der Waals surface area contributed by atoms with Gasteiger partial charge in [-0.05, 0) is 42.3 Å². The Morgan fingerprint density at radius 2 is 2.00 bits per heavy atom. The lowest BCUT2D eigenvalue weighted by atomic mass is 10.1. The lowest BCUT2D eigenvalue weighted by Crippen LogP contribution is -2.10. The van der Waals surface area contributed by atoms with Gasteiger partial charge in [-0.2, -0.15) is 5.10 Å². The predicted molar refractivity (Wildman–Crippen MR) is 110 cm³/mol. The Morgan fingerprint density at radius 3 is 2.90 bits per heavy atom. The van der Waals surface area contributed by atoms with Crippen molar-refractivity contribution < 1.29 is 13.9 Å². The topological polar surface area (TPSA) is 69.3 Å². The van der Waals surface area contributed by atoms with E-state index in [1.807, 2.05) is 53.3 Å². The molecule has 0 bridgehead atoms. The molecule has 0 atom stereocenters. The van der Waals surface area contributed by atoms with Crippen LogP contribution in [0.25, 0.3) is 10.8 Å². The number of furan rings is 1. The number of amides is 1. The molecule has 2 aromatic carbocycles. The lowest BCUT2D eigenvalue weighted by molar-refractivity contribution is 0.0992. The molecule has 29 heavy (non-hydrogen) atoms. The van der Waals surface area contributed by atoms with Crippen LogP contribution >= 0.6 is 0 Å². The number of fused-ring (bicyclic) bond motifs is 1. The van der Waals surface area contributed by atoms with Crippen LogP contribution < -0.4 is 10.1 Å². The smallest absolute Gasteiger partial charge is 0.291 e. The van der Waals surface area contributed by atoms with E-state index in [0.717, 1.165) is 29.0 Å². The first-order valence-electron chi connectivity index (χ1n) is 9.78. The monoisotopic (exact) mass is 387 g/mol. The number of anilines is 1. The van der Waals surface area contributed by atoms with Gasteiger partial charge in [0, 0.05) is 18.1 Å². The van der Waals surface area contributed by atoms with Gasteiger partial charge in [0.15, 0.2) is 5.76 Å². The summed E-state index contributed by atoms with van der Waals surface area (Å²) in [6.07, 6.45) is 6.03. The molecule has 0 unspecified atom stereocenters. The molecule has 2 aromatic heterocycles. The molecule has 0 spiro atoms. The molecule has 1 amide bonds. The third kappa shape index (κ3) is 4.01. The predicted octanol–water partition coefficient (Wildman–Crippen LogP) is 4.87. The highest BCUT2D eigenvalue weighted by Gasteiger charge is 2.22. The fraction of sp³-hybridized carbons (Fsp3) is 0.217. The highest BCUT2D eigenvalue weighted by atomic mass is 16.5. The Bertz CT molecular complexity index is 1150. The maximum atomic E-state index is 12.4. The molecule has 1 aliphatic rings. The van der Waals surface area contributed by atoms with Gasteiger partial charge in [0.25, 0.3) is 5.91 Å². The van der Waals surface area contributed by atoms with Crippen molar-refractivity contribution in [3.8, 4) is 5.75 Å². The molecule has 6 nitrogen and oxygen atoms in total. The second-order valence-electron chi connectivity index (χ2n) is 7.38. The second kappa shape index (κ2) is 7.47. The highest BCUT2D eigenvalue weighted by molar-refractivity contribution is 6.02. The molecule has 2 heterocycles. The van der Waals surface area contributed by atoms with Crippen molar-refractivity contribution in [3.05, 3.63) is 78.5 Å². The van der Waals surface area contributed by atoms with Gasteiger partial charge in [0.2, 0.25) is 0 Å². The summed E-state index contributed by atoms with van der Waals surface area (Å²) < 4.78 is 13.5. The standard InChI is InChI=1S/C23H21N3O3/c27-23(25-18-12-24-26(14-18)13-16-8-9-16)22-11-10-19(29-22)15-28-21-7-3-5-17-4-1-2-6-20(17)21/h1-7,10-12,14,16H,8-9,13,15H2,(H,25,27). The van der Waals surface area contributed by atoms with E-state index in [9.17, 15) is 4.79 Å². The molecule has 4 aromatic rings. The largest absolute Gasteiger partial charge is 0.485 e. The number of ether oxygens (including phenoxy) is 1. The van der Waals surface area contributed by atoms with E-state index < -0.39 is 0 Å². The van der Waals surface area contributed by atoms with Gasteiger partial charge in [-0.3, -0.25) is 9.48 Å². The number of nitrogens with one attached hydrogen (secondary N) is 1. The molecule has 1 N–H and O–H groups in total. The van der Waals surface area contributed by atoms with E-state index in [-0.39, 0.29) is 18.3 Å². The van der Waals surface area contributed by atoms with Crippen molar-refractivity contribution in [2.45, 2.75) is 26.0 Å². The second-order valence-corrected chi connectivity index (χ2v) is 7.38. The van der Waals surface area contributed by atoms with E-state index in [4.69, 9.17) is 9.15 Å². The zero-order valence-electron chi connectivity index (χ0n) is 15.9. The number of aromatic nitrogens is 2. The van der Waals surface area contributed by atoms with Crippen molar-refractivity contribution in [1.82, 2.24) is 9.78 Å². The first-order chi connectivity index (χ1) is 14.2. The van der Waals surface area contributed by atoms with E-state index in [2.05, 4.69) is 10.4 Å². The molecule has 6 heteroatoms. The van der Waals surface area contributed by atoms with Crippen LogP contribution in [0, 0.1) is 5.92 Å².